The third-order valence-electron chi connectivity index (χ3n) is 5.84. The summed E-state index contributed by atoms with van der Waals surface area (Å²) in [5.41, 5.74) is 1.04. The van der Waals surface area contributed by atoms with E-state index in [9.17, 15) is 14.0 Å². The van der Waals surface area contributed by atoms with Crippen LogP contribution in [-0.2, 0) is 9.53 Å². The van der Waals surface area contributed by atoms with Gasteiger partial charge in [0, 0.05) is 24.4 Å². The molecule has 32 heavy (non-hydrogen) atoms. The minimum atomic E-state index is -0.514. The highest BCUT2D eigenvalue weighted by atomic mass is 19.1. The number of ether oxygens (including phenoxy) is 1. The number of hydrogen-bond donors (Lipinski definition) is 0. The maximum atomic E-state index is 13.5. The van der Waals surface area contributed by atoms with Gasteiger partial charge < -0.3 is 4.74 Å². The van der Waals surface area contributed by atoms with Gasteiger partial charge in [0.1, 0.15) is 11.4 Å². The van der Waals surface area contributed by atoms with E-state index in [4.69, 9.17) is 4.74 Å². The molecule has 1 aliphatic rings. The second-order valence-corrected chi connectivity index (χ2v) is 8.69. The second-order valence-electron chi connectivity index (χ2n) is 8.69. The van der Waals surface area contributed by atoms with E-state index < -0.39 is 5.97 Å². The SMILES string of the molecule is CCOC(=O)c1cn(/C=C/c2ccc(F)cc2)nc1N(C(=O)[C@H]1CC[C@H](C)CC1)C(C)C. The summed E-state index contributed by atoms with van der Waals surface area (Å²) in [5, 5.41) is 4.56. The monoisotopic (exact) mass is 441 g/mol. The molecule has 1 aromatic heterocycles. The van der Waals surface area contributed by atoms with Crippen LogP contribution in [0.4, 0.5) is 10.2 Å². The van der Waals surface area contributed by atoms with Crippen molar-refractivity contribution in [2.75, 3.05) is 11.5 Å². The smallest absolute Gasteiger partial charge is 0.343 e. The van der Waals surface area contributed by atoms with E-state index in [1.165, 1.54) is 16.8 Å². The standard InChI is InChI=1S/C25H32FN3O3/c1-5-32-25(31)22-16-28(15-14-19-8-12-21(26)13-9-19)27-23(22)29(17(2)3)24(30)20-10-6-18(4)7-11-20/h8-9,12-18,20H,5-7,10-11H2,1-4H3/b15-14+/t18-,20-. The van der Waals surface area contributed by atoms with Crippen molar-refractivity contribution in [1.82, 2.24) is 9.78 Å². The quantitative estimate of drug-likeness (QED) is 0.540. The summed E-state index contributed by atoms with van der Waals surface area (Å²) in [6.07, 6.45) is 8.76. The number of esters is 1. The van der Waals surface area contributed by atoms with Crippen molar-refractivity contribution in [3.63, 3.8) is 0 Å². The van der Waals surface area contributed by atoms with Gasteiger partial charge in [-0.05, 0) is 76.1 Å². The van der Waals surface area contributed by atoms with Crippen LogP contribution in [0.5, 0.6) is 0 Å². The van der Waals surface area contributed by atoms with Crippen molar-refractivity contribution in [1.29, 1.82) is 0 Å². The predicted octanol–water partition coefficient (Wildman–Crippen LogP) is 5.39. The largest absolute Gasteiger partial charge is 0.462 e. The molecule has 6 nitrogen and oxygen atoms in total. The highest BCUT2D eigenvalue weighted by Gasteiger charge is 2.34. The number of amides is 1. The summed E-state index contributed by atoms with van der Waals surface area (Å²) in [6, 6.07) is 5.89. The van der Waals surface area contributed by atoms with Gasteiger partial charge in [-0.2, -0.15) is 0 Å². The van der Waals surface area contributed by atoms with Gasteiger partial charge >= 0.3 is 5.97 Å². The molecular weight excluding hydrogens is 409 g/mol. The Labute approximate surface area is 189 Å². The molecule has 2 aromatic rings. The molecule has 0 spiro atoms. The molecule has 0 saturated heterocycles. The van der Waals surface area contributed by atoms with Crippen molar-refractivity contribution < 1.29 is 18.7 Å². The number of hydrogen-bond acceptors (Lipinski definition) is 4. The zero-order valence-corrected chi connectivity index (χ0v) is 19.3. The Kier molecular flexibility index (Phi) is 7.83. The molecule has 7 heteroatoms. The Morgan fingerprint density at radius 2 is 1.88 bits per heavy atom. The Hall–Kier alpha value is -2.96. The first-order valence-corrected chi connectivity index (χ1v) is 11.3. The third kappa shape index (κ3) is 5.64. The summed E-state index contributed by atoms with van der Waals surface area (Å²) >= 11 is 0. The highest BCUT2D eigenvalue weighted by molar-refractivity contribution is 6.02. The number of rotatable bonds is 7. The minimum Gasteiger partial charge on any atom is -0.462 e. The first-order valence-electron chi connectivity index (χ1n) is 11.3. The Morgan fingerprint density at radius 3 is 2.47 bits per heavy atom. The van der Waals surface area contributed by atoms with Crippen LogP contribution in [0.2, 0.25) is 0 Å². The van der Waals surface area contributed by atoms with Gasteiger partial charge in [-0.15, -0.1) is 5.10 Å². The van der Waals surface area contributed by atoms with E-state index in [1.807, 2.05) is 13.8 Å². The highest BCUT2D eigenvalue weighted by Crippen LogP contribution is 2.32. The normalized spacial score (nSPS) is 18.8. The zero-order valence-electron chi connectivity index (χ0n) is 19.3. The van der Waals surface area contributed by atoms with Crippen LogP contribution in [0.25, 0.3) is 12.3 Å². The number of benzene rings is 1. The fraction of sp³-hybridized carbons (Fsp3) is 0.480. The van der Waals surface area contributed by atoms with Crippen LogP contribution >= 0.6 is 0 Å². The first-order chi connectivity index (χ1) is 15.3. The molecule has 1 aromatic carbocycles. The average molecular weight is 442 g/mol. The minimum absolute atomic E-state index is 0.00483. The lowest BCUT2D eigenvalue weighted by Crippen LogP contribution is -2.43. The molecule has 0 atom stereocenters. The predicted molar refractivity (Wildman–Crippen MR) is 124 cm³/mol. The molecule has 1 heterocycles. The Morgan fingerprint density at radius 1 is 1.22 bits per heavy atom. The van der Waals surface area contributed by atoms with Gasteiger partial charge in [-0.25, -0.2) is 13.9 Å². The molecule has 1 fully saturated rings. The number of halogens is 1. The summed E-state index contributed by atoms with van der Waals surface area (Å²) in [7, 11) is 0. The van der Waals surface area contributed by atoms with Crippen LogP contribution in [0, 0.1) is 17.7 Å². The van der Waals surface area contributed by atoms with Crippen molar-refractivity contribution in [2.24, 2.45) is 11.8 Å². The molecule has 1 aliphatic carbocycles. The molecule has 0 N–H and O–H groups in total. The first kappa shape index (κ1) is 23.7. The lowest BCUT2D eigenvalue weighted by molar-refractivity contribution is -0.123. The zero-order chi connectivity index (χ0) is 23.3. The van der Waals surface area contributed by atoms with E-state index in [-0.39, 0.29) is 35.9 Å². The fourth-order valence-corrected chi connectivity index (χ4v) is 4.03. The van der Waals surface area contributed by atoms with Crippen LogP contribution in [0.1, 0.15) is 69.3 Å². The second kappa shape index (κ2) is 10.6. The molecule has 0 unspecified atom stereocenters. The molecule has 0 aliphatic heterocycles. The van der Waals surface area contributed by atoms with Crippen LogP contribution in [0.15, 0.2) is 30.5 Å². The molecule has 1 saturated carbocycles. The summed E-state index contributed by atoms with van der Waals surface area (Å²) in [5.74, 6) is 0.0630. The molecule has 0 bridgehead atoms. The van der Waals surface area contributed by atoms with E-state index >= 15 is 0 Å². The van der Waals surface area contributed by atoms with E-state index in [0.717, 1.165) is 31.2 Å². The Balaban J connectivity index is 1.94. The van der Waals surface area contributed by atoms with Gasteiger partial charge in [0.15, 0.2) is 5.82 Å². The summed E-state index contributed by atoms with van der Waals surface area (Å²) in [4.78, 5) is 27.8. The van der Waals surface area contributed by atoms with Gasteiger partial charge in [0.25, 0.3) is 0 Å². The number of carbonyl (C=O) groups excluding carboxylic acids is 2. The lowest BCUT2D eigenvalue weighted by atomic mass is 9.82. The number of aromatic nitrogens is 2. The molecule has 1 amide bonds. The molecule has 3 rings (SSSR count). The maximum Gasteiger partial charge on any atom is 0.343 e. The number of anilines is 1. The van der Waals surface area contributed by atoms with Crippen molar-refractivity contribution in [3.8, 4) is 0 Å². The van der Waals surface area contributed by atoms with Crippen molar-refractivity contribution in [3.05, 3.63) is 47.4 Å². The molecule has 0 radical (unpaired) electrons. The van der Waals surface area contributed by atoms with Gasteiger partial charge in [0.05, 0.1) is 6.61 Å². The van der Waals surface area contributed by atoms with Gasteiger partial charge in [-0.3, -0.25) is 9.69 Å². The topological polar surface area (TPSA) is 64.4 Å². The third-order valence-corrected chi connectivity index (χ3v) is 5.84. The van der Waals surface area contributed by atoms with E-state index in [0.29, 0.717) is 11.7 Å². The van der Waals surface area contributed by atoms with Crippen LogP contribution in [0.3, 0.4) is 0 Å². The Bertz CT molecular complexity index is 957. The molecular formula is C25H32FN3O3. The van der Waals surface area contributed by atoms with Crippen molar-refractivity contribution in [2.45, 2.75) is 59.4 Å². The number of carbonyl (C=O) groups is 2. The fourth-order valence-electron chi connectivity index (χ4n) is 4.03. The van der Waals surface area contributed by atoms with E-state index in [1.54, 1.807) is 42.4 Å². The number of nitrogens with zero attached hydrogens (tertiary/aromatic N) is 3. The maximum absolute atomic E-state index is 13.5. The summed E-state index contributed by atoms with van der Waals surface area (Å²) < 4.78 is 19.9. The van der Waals surface area contributed by atoms with E-state index in [2.05, 4.69) is 12.0 Å². The molecule has 172 valence electrons. The van der Waals surface area contributed by atoms with Gasteiger partial charge in [-0.1, -0.05) is 19.1 Å². The van der Waals surface area contributed by atoms with Crippen LogP contribution < -0.4 is 4.90 Å². The van der Waals surface area contributed by atoms with Crippen molar-refractivity contribution >= 4 is 30.0 Å². The average Bonchev–Trinajstić information content (AvgIpc) is 3.17. The van der Waals surface area contributed by atoms with Gasteiger partial charge in [0.2, 0.25) is 5.91 Å². The summed E-state index contributed by atoms with van der Waals surface area (Å²) in [6.45, 7) is 8.03. The van der Waals surface area contributed by atoms with Crippen LogP contribution in [-0.4, -0.2) is 34.3 Å². The lowest BCUT2D eigenvalue weighted by Gasteiger charge is -2.32.